The molecule has 3 heteroatoms. The Kier molecular flexibility index (Phi) is 4.50. The first kappa shape index (κ1) is 10.1. The van der Waals surface area contributed by atoms with Gasteiger partial charge in [-0.25, -0.2) is 0 Å². The van der Waals surface area contributed by atoms with Gasteiger partial charge in [0.1, 0.15) is 6.29 Å². The number of hydrogen-bond acceptors (Lipinski definition) is 2. The van der Waals surface area contributed by atoms with Crippen LogP contribution >= 0.6 is 0 Å². The normalized spacial score (nSPS) is 15.2. The second-order valence-corrected chi connectivity index (χ2v) is 2.75. The highest BCUT2D eigenvalue weighted by molar-refractivity contribution is 5.77. The molecule has 0 aromatic carbocycles. The van der Waals surface area contributed by atoms with Crippen LogP contribution in [-0.2, 0) is 9.59 Å². The van der Waals surface area contributed by atoms with E-state index in [1.54, 1.807) is 0 Å². The van der Waals surface area contributed by atoms with Crippen molar-refractivity contribution in [3.63, 3.8) is 0 Å². The lowest BCUT2D eigenvalue weighted by Crippen LogP contribution is -2.39. The molecule has 1 amide bonds. The molecule has 0 bridgehead atoms. The van der Waals surface area contributed by atoms with Crippen LogP contribution in [0.4, 0.5) is 0 Å². The van der Waals surface area contributed by atoms with Crippen LogP contribution in [0.2, 0.25) is 0 Å². The number of amides is 1. The Hall–Kier alpha value is -0.860. The van der Waals surface area contributed by atoms with Gasteiger partial charge in [0.25, 0.3) is 0 Å². The second-order valence-electron chi connectivity index (χ2n) is 2.75. The molecule has 0 aromatic rings. The zero-order valence-electron chi connectivity index (χ0n) is 7.26. The Labute approximate surface area is 67.2 Å². The zero-order chi connectivity index (χ0) is 8.85. The van der Waals surface area contributed by atoms with Gasteiger partial charge in [-0.05, 0) is 5.92 Å². The third kappa shape index (κ3) is 3.75. The highest BCUT2D eigenvalue weighted by Gasteiger charge is 2.14. The van der Waals surface area contributed by atoms with Crippen LogP contribution in [-0.4, -0.2) is 18.2 Å². The van der Waals surface area contributed by atoms with Crippen LogP contribution in [0.1, 0.15) is 27.2 Å². The fourth-order valence-corrected chi connectivity index (χ4v) is 0.799. The molecular weight excluding hydrogens is 142 g/mol. The molecule has 0 radical (unpaired) electrons. The molecule has 0 aliphatic rings. The first-order valence-corrected chi connectivity index (χ1v) is 3.84. The van der Waals surface area contributed by atoms with E-state index in [0.29, 0.717) is 0 Å². The largest absolute Gasteiger partial charge is 0.347 e. The van der Waals surface area contributed by atoms with E-state index >= 15 is 0 Å². The number of nitrogens with one attached hydrogen (secondary N) is 1. The molecule has 0 heterocycles. The van der Waals surface area contributed by atoms with Crippen molar-refractivity contribution < 1.29 is 9.59 Å². The van der Waals surface area contributed by atoms with Crippen molar-refractivity contribution >= 4 is 12.2 Å². The van der Waals surface area contributed by atoms with Crippen LogP contribution in [0.25, 0.3) is 0 Å². The quantitative estimate of drug-likeness (QED) is 0.612. The summed E-state index contributed by atoms with van der Waals surface area (Å²) in [5.74, 6) is 0.0683. The van der Waals surface area contributed by atoms with Crippen LogP contribution in [0.5, 0.6) is 0 Å². The molecule has 0 fully saturated rings. The Morgan fingerprint density at radius 3 is 2.45 bits per heavy atom. The fourth-order valence-electron chi connectivity index (χ4n) is 0.799. The average molecular weight is 157 g/mol. The molecule has 3 nitrogen and oxygen atoms in total. The lowest BCUT2D eigenvalue weighted by Gasteiger charge is -2.16. The van der Waals surface area contributed by atoms with E-state index in [4.69, 9.17) is 0 Å². The lowest BCUT2D eigenvalue weighted by atomic mass is 10.0. The number of carbonyl (C=O) groups excluding carboxylic acids is 2. The summed E-state index contributed by atoms with van der Waals surface area (Å²) in [6, 6.07) is -0.322. The average Bonchev–Trinajstić information content (AvgIpc) is 1.98. The monoisotopic (exact) mass is 157 g/mol. The molecule has 0 spiro atoms. The van der Waals surface area contributed by atoms with Crippen molar-refractivity contribution in [1.82, 2.24) is 5.32 Å². The summed E-state index contributed by atoms with van der Waals surface area (Å²) in [5.41, 5.74) is 0. The Morgan fingerprint density at radius 1 is 1.64 bits per heavy atom. The Morgan fingerprint density at radius 2 is 2.18 bits per heavy atom. The Bertz CT molecular complexity index is 145. The Balaban J connectivity index is 3.94. The summed E-state index contributed by atoms with van der Waals surface area (Å²) in [5, 5.41) is 2.57. The third-order valence-electron chi connectivity index (χ3n) is 1.77. The number of hydrogen-bond donors (Lipinski definition) is 1. The summed E-state index contributed by atoms with van der Waals surface area (Å²) in [4.78, 5) is 21.0. The lowest BCUT2D eigenvalue weighted by molar-refractivity contribution is -0.122. The van der Waals surface area contributed by atoms with Crippen molar-refractivity contribution in [2.75, 3.05) is 0 Å². The van der Waals surface area contributed by atoms with Crippen molar-refractivity contribution in [3.05, 3.63) is 0 Å². The van der Waals surface area contributed by atoms with Crippen LogP contribution in [0, 0.1) is 5.92 Å². The maximum atomic E-state index is 10.6. The van der Waals surface area contributed by atoms with Gasteiger partial charge in [-0.3, -0.25) is 4.79 Å². The summed E-state index contributed by atoms with van der Waals surface area (Å²) >= 11 is 0. The number of carbonyl (C=O) groups is 2. The second kappa shape index (κ2) is 4.88. The van der Waals surface area contributed by atoms with Crippen molar-refractivity contribution in [3.8, 4) is 0 Å². The first-order chi connectivity index (χ1) is 5.11. The number of aldehydes is 1. The van der Waals surface area contributed by atoms with E-state index < -0.39 is 0 Å². The van der Waals surface area contributed by atoms with Gasteiger partial charge < -0.3 is 10.1 Å². The summed E-state index contributed by atoms with van der Waals surface area (Å²) in [6.07, 6.45) is 1.68. The van der Waals surface area contributed by atoms with Gasteiger partial charge in [0.05, 0.1) is 6.04 Å². The van der Waals surface area contributed by atoms with Gasteiger partial charge in [0.15, 0.2) is 0 Å². The van der Waals surface area contributed by atoms with Crippen LogP contribution in [0.15, 0.2) is 0 Å². The predicted octanol–water partition coefficient (Wildman–Crippen LogP) is 0.736. The highest BCUT2D eigenvalue weighted by Crippen LogP contribution is 2.04. The standard InChI is InChI=1S/C8H15NO2/c1-4-6(2)8(5-10)9-7(3)11/h5-6,8H,4H2,1-3H3,(H,9,11). The van der Waals surface area contributed by atoms with E-state index in [2.05, 4.69) is 5.32 Å². The molecule has 0 aliphatic heterocycles. The SMILES string of the molecule is CCC(C)C(C=O)NC(C)=O. The molecular formula is C8H15NO2. The van der Waals surface area contributed by atoms with Crippen LogP contribution < -0.4 is 5.32 Å². The van der Waals surface area contributed by atoms with E-state index in [9.17, 15) is 9.59 Å². The molecule has 0 aromatic heterocycles. The minimum atomic E-state index is -0.322. The molecule has 1 N–H and O–H groups in total. The minimum Gasteiger partial charge on any atom is -0.347 e. The maximum Gasteiger partial charge on any atom is 0.217 e. The molecule has 0 rings (SSSR count). The van der Waals surface area contributed by atoms with Gasteiger partial charge in [0, 0.05) is 6.92 Å². The molecule has 2 atom stereocenters. The van der Waals surface area contributed by atoms with Gasteiger partial charge >= 0.3 is 0 Å². The fraction of sp³-hybridized carbons (Fsp3) is 0.750. The zero-order valence-corrected chi connectivity index (χ0v) is 7.26. The summed E-state index contributed by atoms with van der Waals surface area (Å²) < 4.78 is 0. The topological polar surface area (TPSA) is 46.2 Å². The van der Waals surface area contributed by atoms with E-state index in [0.717, 1.165) is 12.7 Å². The molecule has 64 valence electrons. The molecule has 11 heavy (non-hydrogen) atoms. The number of rotatable bonds is 4. The summed E-state index contributed by atoms with van der Waals surface area (Å²) in [7, 11) is 0. The smallest absolute Gasteiger partial charge is 0.217 e. The first-order valence-electron chi connectivity index (χ1n) is 3.84. The van der Waals surface area contributed by atoms with Gasteiger partial charge in [-0.2, -0.15) is 0 Å². The maximum absolute atomic E-state index is 10.6. The van der Waals surface area contributed by atoms with Crippen molar-refractivity contribution in [2.45, 2.75) is 33.2 Å². The van der Waals surface area contributed by atoms with E-state index in [1.165, 1.54) is 6.92 Å². The molecule has 0 saturated carbocycles. The van der Waals surface area contributed by atoms with E-state index in [-0.39, 0.29) is 17.9 Å². The molecule has 0 saturated heterocycles. The van der Waals surface area contributed by atoms with Gasteiger partial charge in [-0.15, -0.1) is 0 Å². The van der Waals surface area contributed by atoms with E-state index in [1.807, 2.05) is 13.8 Å². The minimum absolute atomic E-state index is 0.151. The predicted molar refractivity (Wildman–Crippen MR) is 43.1 cm³/mol. The third-order valence-corrected chi connectivity index (χ3v) is 1.77. The van der Waals surface area contributed by atoms with Crippen molar-refractivity contribution in [1.29, 1.82) is 0 Å². The van der Waals surface area contributed by atoms with Crippen molar-refractivity contribution in [2.24, 2.45) is 5.92 Å². The van der Waals surface area contributed by atoms with Crippen LogP contribution in [0.3, 0.4) is 0 Å². The molecule has 0 aliphatic carbocycles. The van der Waals surface area contributed by atoms with Gasteiger partial charge in [0.2, 0.25) is 5.91 Å². The van der Waals surface area contributed by atoms with Gasteiger partial charge in [-0.1, -0.05) is 20.3 Å². The molecule has 2 unspecified atom stereocenters. The highest BCUT2D eigenvalue weighted by atomic mass is 16.2. The summed E-state index contributed by atoms with van der Waals surface area (Å²) in [6.45, 7) is 5.34.